The Hall–Kier alpha value is -0.780. The highest BCUT2D eigenvalue weighted by molar-refractivity contribution is 7.10. The Balaban J connectivity index is 2.40. The Labute approximate surface area is 104 Å². The molecule has 2 rings (SSSR count). The molecule has 86 valence electrons. The number of rotatable bonds is 4. The van der Waals surface area contributed by atoms with E-state index < -0.39 is 0 Å². The lowest BCUT2D eigenvalue weighted by Crippen LogP contribution is -2.18. The maximum Gasteiger partial charge on any atom is 0.0804 e. The molecule has 2 aromatic rings. The topological polar surface area (TPSA) is 37.8 Å². The van der Waals surface area contributed by atoms with Crippen molar-refractivity contribution in [1.82, 2.24) is 14.9 Å². The average molecular weight is 253 g/mol. The summed E-state index contributed by atoms with van der Waals surface area (Å²) in [5.74, 6) is 0. The molecule has 0 radical (unpaired) electrons. The summed E-state index contributed by atoms with van der Waals surface area (Å²) in [7, 11) is 1.99. The molecule has 1 N–H and O–H groups in total. The summed E-state index contributed by atoms with van der Waals surface area (Å²) in [4.78, 5) is 2.60. The summed E-state index contributed by atoms with van der Waals surface area (Å²) < 4.78 is 4.06. The highest BCUT2D eigenvalue weighted by atomic mass is 32.1. The van der Waals surface area contributed by atoms with E-state index in [0.717, 1.165) is 12.1 Å². The van der Waals surface area contributed by atoms with Crippen LogP contribution in [-0.4, -0.2) is 16.6 Å². The minimum atomic E-state index is 0.237. The van der Waals surface area contributed by atoms with Gasteiger partial charge in [0.1, 0.15) is 0 Å². The fourth-order valence-electron chi connectivity index (χ4n) is 1.80. The van der Waals surface area contributed by atoms with Gasteiger partial charge in [-0.15, -0.1) is 16.4 Å². The van der Waals surface area contributed by atoms with Crippen molar-refractivity contribution in [3.8, 4) is 0 Å². The van der Waals surface area contributed by atoms with E-state index in [2.05, 4.69) is 40.2 Å². The van der Waals surface area contributed by atoms with E-state index in [9.17, 15) is 0 Å². The van der Waals surface area contributed by atoms with Crippen molar-refractivity contribution in [3.05, 3.63) is 32.5 Å². The van der Waals surface area contributed by atoms with Gasteiger partial charge in [0.05, 0.1) is 16.6 Å². The first-order valence-electron chi connectivity index (χ1n) is 5.30. The number of hydrogen-bond acceptors (Lipinski definition) is 5. The Kier molecular flexibility index (Phi) is 3.68. The third-order valence-electron chi connectivity index (χ3n) is 2.68. The van der Waals surface area contributed by atoms with Crippen LogP contribution in [-0.2, 0) is 6.42 Å². The molecule has 3 nitrogen and oxygen atoms in total. The van der Waals surface area contributed by atoms with Gasteiger partial charge in [-0.25, -0.2) is 0 Å². The smallest absolute Gasteiger partial charge is 0.0804 e. The predicted octanol–water partition coefficient (Wildman–Crippen LogP) is 2.78. The fraction of sp³-hybridized carbons (Fsp3) is 0.455. The van der Waals surface area contributed by atoms with Gasteiger partial charge >= 0.3 is 0 Å². The lowest BCUT2D eigenvalue weighted by Gasteiger charge is -2.15. The minimum Gasteiger partial charge on any atom is -0.309 e. The first kappa shape index (κ1) is 11.7. The zero-order valence-electron chi connectivity index (χ0n) is 9.65. The van der Waals surface area contributed by atoms with Crippen molar-refractivity contribution < 1.29 is 0 Å². The molecule has 5 heteroatoms. The van der Waals surface area contributed by atoms with E-state index in [1.165, 1.54) is 26.9 Å². The van der Waals surface area contributed by atoms with Crippen molar-refractivity contribution in [2.75, 3.05) is 7.05 Å². The molecular formula is C11H15N3S2. The van der Waals surface area contributed by atoms with Gasteiger partial charge in [0.25, 0.3) is 0 Å². The predicted molar refractivity (Wildman–Crippen MR) is 69.2 cm³/mol. The van der Waals surface area contributed by atoms with Gasteiger partial charge in [-0.1, -0.05) is 11.4 Å². The van der Waals surface area contributed by atoms with Crippen LogP contribution in [0.3, 0.4) is 0 Å². The maximum absolute atomic E-state index is 4.17. The zero-order chi connectivity index (χ0) is 11.5. The molecule has 0 saturated heterocycles. The first-order chi connectivity index (χ1) is 7.77. The summed E-state index contributed by atoms with van der Waals surface area (Å²) in [6.45, 7) is 4.28. The number of aryl methyl sites for hydroxylation is 2. The maximum atomic E-state index is 4.17. The van der Waals surface area contributed by atoms with Crippen LogP contribution < -0.4 is 5.32 Å². The molecule has 0 aliphatic heterocycles. The molecule has 0 aliphatic carbocycles. The third-order valence-corrected chi connectivity index (χ3v) is 4.37. The van der Waals surface area contributed by atoms with Crippen LogP contribution >= 0.6 is 22.9 Å². The molecule has 1 atom stereocenters. The molecule has 0 fully saturated rings. The van der Waals surface area contributed by atoms with Crippen molar-refractivity contribution in [2.45, 2.75) is 26.3 Å². The summed E-state index contributed by atoms with van der Waals surface area (Å²) in [6.07, 6.45) is 0.938. The molecule has 0 aromatic carbocycles. The number of hydrogen-bond donors (Lipinski definition) is 1. The SMILES string of the molecule is CCc1nnsc1C(NC)c1ccsc1C. The standard InChI is InChI=1S/C11H15N3S2/c1-4-9-11(16-14-13-9)10(12-3)8-5-6-15-7(8)2/h5-6,10,12H,4H2,1-3H3. The molecule has 2 aromatic heterocycles. The number of aromatic nitrogens is 2. The van der Waals surface area contributed by atoms with Crippen molar-refractivity contribution in [1.29, 1.82) is 0 Å². The van der Waals surface area contributed by atoms with Gasteiger partial charge in [0, 0.05) is 4.88 Å². The van der Waals surface area contributed by atoms with Crippen LogP contribution in [0.5, 0.6) is 0 Å². The van der Waals surface area contributed by atoms with Gasteiger partial charge < -0.3 is 5.32 Å². The van der Waals surface area contributed by atoms with Gasteiger partial charge in [-0.05, 0) is 48.9 Å². The zero-order valence-corrected chi connectivity index (χ0v) is 11.3. The van der Waals surface area contributed by atoms with E-state index in [0.29, 0.717) is 0 Å². The second-order valence-electron chi connectivity index (χ2n) is 3.59. The van der Waals surface area contributed by atoms with Gasteiger partial charge in [-0.2, -0.15) is 0 Å². The van der Waals surface area contributed by atoms with E-state index >= 15 is 0 Å². The summed E-state index contributed by atoms with van der Waals surface area (Å²) in [5.41, 5.74) is 2.45. The molecule has 2 heterocycles. The van der Waals surface area contributed by atoms with Crippen molar-refractivity contribution in [2.24, 2.45) is 0 Å². The molecule has 0 spiro atoms. The van der Waals surface area contributed by atoms with E-state index in [4.69, 9.17) is 0 Å². The second-order valence-corrected chi connectivity index (χ2v) is 5.50. The van der Waals surface area contributed by atoms with Crippen LogP contribution in [0.25, 0.3) is 0 Å². The van der Waals surface area contributed by atoms with E-state index in [-0.39, 0.29) is 6.04 Å². The second kappa shape index (κ2) is 5.03. The van der Waals surface area contributed by atoms with Crippen LogP contribution in [0.1, 0.15) is 34.0 Å². The number of nitrogens with one attached hydrogen (secondary N) is 1. The normalized spacial score (nSPS) is 12.9. The van der Waals surface area contributed by atoms with Gasteiger partial charge in [0.15, 0.2) is 0 Å². The first-order valence-corrected chi connectivity index (χ1v) is 6.95. The lowest BCUT2D eigenvalue weighted by molar-refractivity contribution is 0.692. The van der Waals surface area contributed by atoms with Crippen molar-refractivity contribution >= 4 is 22.9 Å². The van der Waals surface area contributed by atoms with Crippen LogP contribution in [0.4, 0.5) is 0 Å². The lowest BCUT2D eigenvalue weighted by atomic mass is 10.0. The van der Waals surface area contributed by atoms with E-state index in [1.54, 1.807) is 11.3 Å². The summed E-state index contributed by atoms with van der Waals surface area (Å²) in [5, 5.41) is 9.67. The largest absolute Gasteiger partial charge is 0.309 e. The van der Waals surface area contributed by atoms with Crippen LogP contribution in [0.15, 0.2) is 11.4 Å². The van der Waals surface area contributed by atoms with E-state index in [1.807, 2.05) is 7.05 Å². The molecule has 0 bridgehead atoms. The van der Waals surface area contributed by atoms with Crippen molar-refractivity contribution in [3.63, 3.8) is 0 Å². The average Bonchev–Trinajstić information content (AvgIpc) is 2.90. The van der Waals surface area contributed by atoms with Crippen LogP contribution in [0.2, 0.25) is 0 Å². The monoisotopic (exact) mass is 253 g/mol. The number of thiophene rings is 1. The third kappa shape index (κ3) is 2.03. The molecular weight excluding hydrogens is 238 g/mol. The highest BCUT2D eigenvalue weighted by Crippen LogP contribution is 2.31. The Morgan fingerprint density at radius 3 is 2.88 bits per heavy atom. The molecule has 0 amide bonds. The van der Waals surface area contributed by atoms with Gasteiger partial charge in [-0.3, -0.25) is 0 Å². The molecule has 16 heavy (non-hydrogen) atoms. The molecule has 0 aliphatic rings. The Morgan fingerprint density at radius 1 is 1.50 bits per heavy atom. The van der Waals surface area contributed by atoms with Crippen LogP contribution in [0, 0.1) is 6.92 Å². The highest BCUT2D eigenvalue weighted by Gasteiger charge is 2.20. The minimum absolute atomic E-state index is 0.237. The quantitative estimate of drug-likeness (QED) is 0.910. The number of nitrogens with zero attached hydrogens (tertiary/aromatic N) is 2. The summed E-state index contributed by atoms with van der Waals surface area (Å²) in [6, 6.07) is 2.42. The Bertz CT molecular complexity index is 461. The molecule has 0 saturated carbocycles. The van der Waals surface area contributed by atoms with Gasteiger partial charge in [0.2, 0.25) is 0 Å². The fourth-order valence-corrected chi connectivity index (χ4v) is 3.41. The Morgan fingerprint density at radius 2 is 2.31 bits per heavy atom. The molecule has 1 unspecified atom stereocenters. The summed E-state index contributed by atoms with van der Waals surface area (Å²) >= 11 is 3.28.